The summed E-state index contributed by atoms with van der Waals surface area (Å²) in [5, 5.41) is 6.94. The van der Waals surface area contributed by atoms with Gasteiger partial charge in [0.05, 0.1) is 30.0 Å². The van der Waals surface area contributed by atoms with Crippen molar-refractivity contribution in [1.29, 1.82) is 0 Å². The van der Waals surface area contributed by atoms with E-state index in [0.717, 1.165) is 18.4 Å². The molecular weight excluding hydrogens is 306 g/mol. The zero-order valence-electron chi connectivity index (χ0n) is 13.7. The Morgan fingerprint density at radius 2 is 2.12 bits per heavy atom. The Morgan fingerprint density at radius 3 is 2.88 bits per heavy atom. The Morgan fingerprint density at radius 1 is 1.33 bits per heavy atom. The molecule has 1 amide bonds. The second-order valence-electron chi connectivity index (χ2n) is 5.87. The van der Waals surface area contributed by atoms with E-state index in [1.807, 2.05) is 30.3 Å². The summed E-state index contributed by atoms with van der Waals surface area (Å²) >= 11 is 0. The first-order chi connectivity index (χ1) is 11.7. The number of rotatable bonds is 4. The lowest BCUT2D eigenvalue weighted by Crippen LogP contribution is -2.42. The summed E-state index contributed by atoms with van der Waals surface area (Å²) in [5.74, 6) is -0.559. The van der Waals surface area contributed by atoms with Crippen molar-refractivity contribution in [1.82, 2.24) is 15.1 Å². The Balaban J connectivity index is 1.78. The number of nitrogens with one attached hydrogen (secondary N) is 1. The fourth-order valence-electron chi connectivity index (χ4n) is 3.06. The molecule has 1 fully saturated rings. The molecule has 0 radical (unpaired) electrons. The lowest BCUT2D eigenvalue weighted by molar-refractivity contribution is -0.149. The van der Waals surface area contributed by atoms with Crippen molar-refractivity contribution < 1.29 is 14.3 Å². The number of carbonyl (C=O) groups excluding carboxylic acids is 2. The third kappa shape index (κ3) is 3.32. The van der Waals surface area contributed by atoms with Crippen LogP contribution in [0.3, 0.4) is 0 Å². The van der Waals surface area contributed by atoms with E-state index in [-0.39, 0.29) is 17.8 Å². The maximum Gasteiger partial charge on any atom is 0.310 e. The average molecular weight is 327 g/mol. The van der Waals surface area contributed by atoms with E-state index in [4.69, 9.17) is 4.74 Å². The summed E-state index contributed by atoms with van der Waals surface area (Å²) in [4.78, 5) is 26.6. The Bertz CT molecular complexity index is 711. The van der Waals surface area contributed by atoms with Crippen LogP contribution in [0.25, 0.3) is 11.3 Å². The molecule has 2 aromatic rings. The second-order valence-corrected chi connectivity index (χ2v) is 5.87. The van der Waals surface area contributed by atoms with Gasteiger partial charge in [0.15, 0.2) is 0 Å². The molecule has 1 aromatic carbocycles. The summed E-state index contributed by atoms with van der Waals surface area (Å²) < 4.78 is 5.10. The van der Waals surface area contributed by atoms with Gasteiger partial charge in [0.1, 0.15) is 0 Å². The number of hydrogen-bond donors (Lipinski definition) is 1. The Hall–Kier alpha value is -2.63. The third-order valence-corrected chi connectivity index (χ3v) is 4.26. The topological polar surface area (TPSA) is 75.3 Å². The number of benzene rings is 1. The van der Waals surface area contributed by atoms with Crippen LogP contribution in [0.2, 0.25) is 0 Å². The van der Waals surface area contributed by atoms with Gasteiger partial charge in [-0.3, -0.25) is 14.7 Å². The van der Waals surface area contributed by atoms with Gasteiger partial charge in [-0.2, -0.15) is 5.10 Å². The van der Waals surface area contributed by atoms with Crippen molar-refractivity contribution in [2.45, 2.75) is 19.8 Å². The molecule has 6 nitrogen and oxygen atoms in total. The number of amides is 1. The molecule has 1 unspecified atom stereocenters. The summed E-state index contributed by atoms with van der Waals surface area (Å²) in [7, 11) is 0. The van der Waals surface area contributed by atoms with Crippen LogP contribution >= 0.6 is 0 Å². The van der Waals surface area contributed by atoms with Gasteiger partial charge in [-0.15, -0.1) is 0 Å². The lowest BCUT2D eigenvalue weighted by Gasteiger charge is -2.31. The number of likely N-dealkylation sites (tertiary alicyclic amines) is 1. The molecule has 1 aliphatic rings. The maximum atomic E-state index is 12.9. The summed E-state index contributed by atoms with van der Waals surface area (Å²) in [6.07, 6.45) is 3.12. The first-order valence-electron chi connectivity index (χ1n) is 8.25. The van der Waals surface area contributed by atoms with Crippen LogP contribution in [0, 0.1) is 5.92 Å². The molecule has 1 aromatic heterocycles. The molecule has 2 heterocycles. The summed E-state index contributed by atoms with van der Waals surface area (Å²) in [6.45, 7) is 3.20. The molecule has 1 saturated heterocycles. The van der Waals surface area contributed by atoms with E-state index in [1.165, 1.54) is 0 Å². The minimum absolute atomic E-state index is 0.100. The highest BCUT2D eigenvalue weighted by atomic mass is 16.5. The van der Waals surface area contributed by atoms with E-state index < -0.39 is 0 Å². The first-order valence-corrected chi connectivity index (χ1v) is 8.25. The highest BCUT2D eigenvalue weighted by molar-refractivity contribution is 6.00. The van der Waals surface area contributed by atoms with Gasteiger partial charge in [-0.05, 0) is 19.8 Å². The average Bonchev–Trinajstić information content (AvgIpc) is 3.12. The van der Waals surface area contributed by atoms with Gasteiger partial charge in [0.25, 0.3) is 5.91 Å². The highest BCUT2D eigenvalue weighted by Crippen LogP contribution is 2.25. The number of H-pyrrole nitrogens is 1. The van der Waals surface area contributed by atoms with Gasteiger partial charge in [0.2, 0.25) is 0 Å². The first kappa shape index (κ1) is 16.2. The fraction of sp³-hybridized carbons (Fsp3) is 0.389. The van der Waals surface area contributed by atoms with Crippen LogP contribution < -0.4 is 0 Å². The summed E-state index contributed by atoms with van der Waals surface area (Å²) in [5.41, 5.74) is 2.15. The van der Waals surface area contributed by atoms with Crippen molar-refractivity contribution in [2.75, 3.05) is 19.7 Å². The van der Waals surface area contributed by atoms with Gasteiger partial charge in [-0.1, -0.05) is 30.3 Å². The van der Waals surface area contributed by atoms with Crippen molar-refractivity contribution >= 4 is 11.9 Å². The smallest absolute Gasteiger partial charge is 0.310 e. The van der Waals surface area contributed by atoms with Crippen LogP contribution in [0.5, 0.6) is 0 Å². The van der Waals surface area contributed by atoms with E-state index in [1.54, 1.807) is 18.0 Å². The molecule has 1 atom stereocenters. The SMILES string of the molecule is CCOC(=O)C1CCCN(C(=O)c2cn[nH]c2-c2ccccc2)C1. The van der Waals surface area contributed by atoms with E-state index in [2.05, 4.69) is 10.2 Å². The van der Waals surface area contributed by atoms with Gasteiger partial charge in [-0.25, -0.2) is 0 Å². The number of esters is 1. The number of aromatic amines is 1. The molecule has 24 heavy (non-hydrogen) atoms. The minimum atomic E-state index is -0.241. The van der Waals surface area contributed by atoms with Crippen LogP contribution in [0.1, 0.15) is 30.1 Å². The van der Waals surface area contributed by atoms with Gasteiger partial charge < -0.3 is 9.64 Å². The van der Waals surface area contributed by atoms with Crippen molar-refractivity contribution in [3.63, 3.8) is 0 Å². The van der Waals surface area contributed by atoms with Crippen LogP contribution in [-0.2, 0) is 9.53 Å². The van der Waals surface area contributed by atoms with E-state index >= 15 is 0 Å². The predicted octanol–water partition coefficient (Wildman–Crippen LogP) is 2.49. The Labute approximate surface area is 140 Å². The van der Waals surface area contributed by atoms with Crippen molar-refractivity contribution in [2.24, 2.45) is 5.92 Å². The molecule has 3 rings (SSSR count). The molecule has 1 aliphatic heterocycles. The van der Waals surface area contributed by atoms with Crippen LogP contribution in [0.4, 0.5) is 0 Å². The summed E-state index contributed by atoms with van der Waals surface area (Å²) in [6, 6.07) is 9.63. The van der Waals surface area contributed by atoms with Crippen LogP contribution in [0.15, 0.2) is 36.5 Å². The normalized spacial score (nSPS) is 17.5. The number of ether oxygens (including phenoxy) is 1. The standard InChI is InChI=1S/C18H21N3O3/c1-2-24-18(23)14-9-6-10-21(12-14)17(22)15-11-19-20-16(15)13-7-4-3-5-8-13/h3-5,7-8,11,14H,2,6,9-10,12H2,1H3,(H,19,20). The molecule has 0 aliphatic carbocycles. The largest absolute Gasteiger partial charge is 0.466 e. The quantitative estimate of drug-likeness (QED) is 0.876. The second kappa shape index (κ2) is 7.29. The predicted molar refractivity (Wildman–Crippen MR) is 89.3 cm³/mol. The zero-order valence-corrected chi connectivity index (χ0v) is 13.7. The molecular formula is C18H21N3O3. The Kier molecular flexibility index (Phi) is 4.93. The van der Waals surface area contributed by atoms with Crippen LogP contribution in [-0.4, -0.2) is 46.7 Å². The molecule has 1 N–H and O–H groups in total. The number of aromatic nitrogens is 2. The van der Waals surface area contributed by atoms with E-state index in [0.29, 0.717) is 31.0 Å². The lowest BCUT2D eigenvalue weighted by atomic mass is 9.97. The molecule has 6 heteroatoms. The molecule has 0 spiro atoms. The molecule has 0 saturated carbocycles. The maximum absolute atomic E-state index is 12.9. The number of carbonyl (C=O) groups is 2. The minimum Gasteiger partial charge on any atom is -0.466 e. The molecule has 0 bridgehead atoms. The van der Waals surface area contributed by atoms with E-state index in [9.17, 15) is 9.59 Å². The van der Waals surface area contributed by atoms with Crippen molar-refractivity contribution in [3.05, 3.63) is 42.1 Å². The molecule has 126 valence electrons. The van der Waals surface area contributed by atoms with Crippen molar-refractivity contribution in [3.8, 4) is 11.3 Å². The number of nitrogens with zero attached hydrogens (tertiary/aromatic N) is 2. The third-order valence-electron chi connectivity index (χ3n) is 4.26. The zero-order chi connectivity index (χ0) is 16.9. The van der Waals surface area contributed by atoms with Gasteiger partial charge >= 0.3 is 5.97 Å². The number of hydrogen-bond acceptors (Lipinski definition) is 4. The fourth-order valence-corrected chi connectivity index (χ4v) is 3.06. The number of piperidine rings is 1. The van der Waals surface area contributed by atoms with Gasteiger partial charge in [0, 0.05) is 18.7 Å². The monoisotopic (exact) mass is 327 g/mol. The highest BCUT2D eigenvalue weighted by Gasteiger charge is 2.31.